The molecule has 2 aromatic heterocycles. The average molecular weight is 401 g/mol. The highest BCUT2D eigenvalue weighted by Gasteiger charge is 2.19. The molecule has 0 spiro atoms. The molecule has 0 amide bonds. The minimum atomic E-state index is 0.0454. The van der Waals surface area contributed by atoms with Crippen LogP contribution in [0.2, 0.25) is 0 Å². The zero-order valence-electron chi connectivity index (χ0n) is 15.9. The lowest BCUT2D eigenvalue weighted by molar-refractivity contribution is 0.890. The normalized spacial score (nSPS) is 10.6. The zero-order valence-corrected chi connectivity index (χ0v) is 17.5. The van der Waals surface area contributed by atoms with Gasteiger partial charge in [-0.2, -0.15) is 0 Å². The van der Waals surface area contributed by atoms with E-state index in [1.807, 2.05) is 24.3 Å². The van der Waals surface area contributed by atoms with Crippen LogP contribution in [0.25, 0.3) is 41.3 Å². The minimum Gasteiger partial charge on any atom is -0.226 e. The highest BCUT2D eigenvalue weighted by Crippen LogP contribution is 2.34. The van der Waals surface area contributed by atoms with Crippen LogP contribution in [0.3, 0.4) is 0 Å². The standard InChI is InChI=1S/C22H16N4S2/c1-11(2)17-7-13-19(15(9-23)25-5)14-8-18(12(3)4)28-22(14)20(21(13)27-17)16(10-24)26-6/h7-8,11-12H,1-4H3. The molecule has 28 heavy (non-hydrogen) atoms. The van der Waals surface area contributed by atoms with E-state index in [1.54, 1.807) is 22.7 Å². The van der Waals surface area contributed by atoms with Crippen LogP contribution in [0.4, 0.5) is 0 Å². The molecule has 136 valence electrons. The summed E-state index contributed by atoms with van der Waals surface area (Å²) in [5.74, 6) is 0.527. The highest BCUT2D eigenvalue weighted by molar-refractivity contribution is 7.21. The molecule has 4 nitrogen and oxygen atoms in total. The van der Waals surface area contributed by atoms with Gasteiger partial charge in [-0.25, -0.2) is 20.2 Å². The molecular weight excluding hydrogens is 384 g/mol. The molecule has 3 rings (SSSR count). The van der Waals surface area contributed by atoms with Crippen molar-refractivity contribution in [3.8, 4) is 12.1 Å². The van der Waals surface area contributed by atoms with Crippen molar-refractivity contribution in [2.24, 2.45) is 0 Å². The van der Waals surface area contributed by atoms with Crippen molar-refractivity contribution in [1.29, 1.82) is 10.5 Å². The number of fused-ring (bicyclic) bond motifs is 2. The van der Waals surface area contributed by atoms with E-state index >= 15 is 0 Å². The van der Waals surface area contributed by atoms with E-state index in [4.69, 9.17) is 13.1 Å². The SMILES string of the molecule is [C-]#[N+]C(C#N)=c1c2cc(C(C)C)sc2c(=C(C#N)[N+]#[C-])c2sc(C(C)C)cc12. The molecule has 6 heteroatoms. The summed E-state index contributed by atoms with van der Waals surface area (Å²) in [5.41, 5.74) is 0.0984. The first kappa shape index (κ1) is 19.6. The number of thiophene rings is 2. The van der Waals surface area contributed by atoms with Crippen molar-refractivity contribution >= 4 is 54.2 Å². The number of nitrogens with zero attached hydrogens (tertiary/aromatic N) is 4. The Morgan fingerprint density at radius 1 is 0.821 bits per heavy atom. The van der Waals surface area contributed by atoms with Gasteiger partial charge in [-0.15, -0.1) is 22.7 Å². The third-order valence-corrected chi connectivity index (χ3v) is 7.45. The third-order valence-electron chi connectivity index (χ3n) is 4.54. The van der Waals surface area contributed by atoms with Crippen LogP contribution in [0.1, 0.15) is 49.3 Å². The van der Waals surface area contributed by atoms with Gasteiger partial charge in [0.25, 0.3) is 11.4 Å². The fourth-order valence-electron chi connectivity index (χ4n) is 3.12. The first-order valence-corrected chi connectivity index (χ1v) is 10.3. The smallest absolute Gasteiger partial charge is 0.226 e. The summed E-state index contributed by atoms with van der Waals surface area (Å²) in [6.07, 6.45) is 0. The minimum absolute atomic E-state index is 0.0454. The Hall–Kier alpha value is -3.16. The van der Waals surface area contributed by atoms with Crippen LogP contribution in [0.5, 0.6) is 0 Å². The summed E-state index contributed by atoms with van der Waals surface area (Å²) < 4.78 is 1.62. The van der Waals surface area contributed by atoms with Gasteiger partial charge in [-0.3, -0.25) is 0 Å². The molecule has 1 aromatic carbocycles. The molecule has 0 unspecified atom stereocenters. The molecule has 0 bridgehead atoms. The van der Waals surface area contributed by atoms with Crippen molar-refractivity contribution in [3.05, 3.63) is 55.2 Å². The molecular formula is C22H16N4S2. The Bertz CT molecular complexity index is 1200. The second-order valence-electron chi connectivity index (χ2n) is 6.99. The number of nitriles is 2. The molecule has 0 atom stereocenters. The fraction of sp³-hybridized carbons (Fsp3) is 0.273. The first-order chi connectivity index (χ1) is 13.4. The van der Waals surface area contributed by atoms with Crippen LogP contribution >= 0.6 is 22.7 Å². The van der Waals surface area contributed by atoms with Crippen molar-refractivity contribution < 1.29 is 0 Å². The fourth-order valence-corrected chi connectivity index (χ4v) is 5.63. The highest BCUT2D eigenvalue weighted by atomic mass is 32.1. The average Bonchev–Trinajstić information content (AvgIpc) is 3.29. The van der Waals surface area contributed by atoms with E-state index < -0.39 is 0 Å². The summed E-state index contributed by atoms with van der Waals surface area (Å²) >= 11 is 3.08. The van der Waals surface area contributed by atoms with Crippen LogP contribution in [-0.2, 0) is 0 Å². The predicted octanol–water partition coefficient (Wildman–Crippen LogP) is 5.46. The van der Waals surface area contributed by atoms with Crippen molar-refractivity contribution in [2.75, 3.05) is 0 Å². The maximum atomic E-state index is 9.60. The summed E-state index contributed by atoms with van der Waals surface area (Å²) in [4.78, 5) is 9.17. The van der Waals surface area contributed by atoms with Crippen LogP contribution in [0, 0.1) is 35.8 Å². The van der Waals surface area contributed by atoms with Gasteiger partial charge in [-0.05, 0) is 34.7 Å². The number of hydrogen-bond donors (Lipinski definition) is 0. The van der Waals surface area contributed by atoms with E-state index in [0.29, 0.717) is 10.4 Å². The number of benzene rings is 1. The van der Waals surface area contributed by atoms with E-state index in [2.05, 4.69) is 37.4 Å². The van der Waals surface area contributed by atoms with Crippen molar-refractivity contribution in [2.45, 2.75) is 39.5 Å². The Morgan fingerprint density at radius 2 is 1.21 bits per heavy atom. The monoisotopic (exact) mass is 400 g/mol. The Balaban J connectivity index is 2.85. The van der Waals surface area contributed by atoms with Gasteiger partial charge in [0.2, 0.25) is 0 Å². The van der Waals surface area contributed by atoms with Gasteiger partial charge < -0.3 is 0 Å². The maximum Gasteiger partial charge on any atom is 0.271 e. The molecule has 0 aliphatic rings. The predicted molar refractivity (Wildman–Crippen MR) is 116 cm³/mol. The zero-order chi connectivity index (χ0) is 20.6. The Labute approximate surface area is 171 Å². The lowest BCUT2D eigenvalue weighted by Gasteiger charge is -2.00. The van der Waals surface area contributed by atoms with E-state index in [0.717, 1.165) is 29.9 Å². The van der Waals surface area contributed by atoms with Gasteiger partial charge in [0.1, 0.15) is 0 Å². The van der Waals surface area contributed by atoms with Crippen molar-refractivity contribution in [1.82, 2.24) is 0 Å². The van der Waals surface area contributed by atoms with E-state index in [-0.39, 0.29) is 23.2 Å². The second kappa shape index (κ2) is 7.46. The molecule has 3 aromatic rings. The molecule has 2 heterocycles. The summed E-state index contributed by atoms with van der Waals surface area (Å²) in [6, 6.07) is 8.12. The third kappa shape index (κ3) is 2.94. The van der Waals surface area contributed by atoms with Gasteiger partial charge in [0, 0.05) is 29.6 Å². The topological polar surface area (TPSA) is 56.3 Å². The van der Waals surface area contributed by atoms with Gasteiger partial charge in [0.15, 0.2) is 0 Å². The Kier molecular flexibility index (Phi) is 5.22. The molecule has 0 fully saturated rings. The van der Waals surface area contributed by atoms with Crippen molar-refractivity contribution in [3.63, 3.8) is 0 Å². The molecule has 0 saturated heterocycles. The van der Waals surface area contributed by atoms with Crippen LogP contribution in [-0.4, -0.2) is 0 Å². The Morgan fingerprint density at radius 3 is 1.54 bits per heavy atom. The molecule has 0 aliphatic carbocycles. The number of rotatable bonds is 2. The quantitative estimate of drug-likeness (QED) is 0.536. The van der Waals surface area contributed by atoms with E-state index in [1.165, 1.54) is 0 Å². The summed E-state index contributed by atoms with van der Waals surface area (Å²) in [5, 5.41) is 22.0. The second-order valence-corrected chi connectivity index (χ2v) is 9.15. The number of hydrogen-bond acceptors (Lipinski definition) is 4. The molecule has 0 aliphatic heterocycles. The van der Waals surface area contributed by atoms with Crippen LogP contribution in [0.15, 0.2) is 12.1 Å². The summed E-state index contributed by atoms with van der Waals surface area (Å²) in [7, 11) is 0. The van der Waals surface area contributed by atoms with Gasteiger partial charge in [0.05, 0.1) is 25.3 Å². The summed E-state index contributed by atoms with van der Waals surface area (Å²) in [6.45, 7) is 23.3. The van der Waals surface area contributed by atoms with Gasteiger partial charge in [-0.1, -0.05) is 27.7 Å². The molecule has 0 radical (unpaired) electrons. The lowest BCUT2D eigenvalue weighted by atomic mass is 10.0. The van der Waals surface area contributed by atoms with Gasteiger partial charge >= 0.3 is 0 Å². The largest absolute Gasteiger partial charge is 0.271 e. The lowest BCUT2D eigenvalue weighted by Crippen LogP contribution is -2.14. The molecule has 0 saturated carbocycles. The maximum absolute atomic E-state index is 9.60. The van der Waals surface area contributed by atoms with Crippen LogP contribution < -0.4 is 10.4 Å². The first-order valence-electron chi connectivity index (χ1n) is 8.70. The molecule has 0 N–H and O–H groups in total. The van der Waals surface area contributed by atoms with E-state index in [9.17, 15) is 10.5 Å².